The normalized spacial score (nSPS) is 15.4. The van der Waals surface area contributed by atoms with Crippen molar-refractivity contribution in [2.75, 3.05) is 0 Å². The minimum Gasteiger partial charge on any atom is -0.294 e. The molecule has 0 aliphatic heterocycles. The van der Waals surface area contributed by atoms with E-state index in [1.165, 1.54) is 0 Å². The summed E-state index contributed by atoms with van der Waals surface area (Å²) in [6, 6.07) is 0. The molecule has 0 heterocycles. The number of aliphatic imine (C=N–C) groups is 1. The van der Waals surface area contributed by atoms with Gasteiger partial charge in [-0.1, -0.05) is 32.1 Å². The van der Waals surface area contributed by atoms with Crippen LogP contribution < -0.4 is 0 Å². The molecule has 0 aliphatic rings. The summed E-state index contributed by atoms with van der Waals surface area (Å²) in [5, 5.41) is 0. The average Bonchev–Trinajstić information content (AvgIpc) is 2.28. The molecule has 0 bridgehead atoms. The highest BCUT2D eigenvalue weighted by Gasteiger charge is 2.05. The van der Waals surface area contributed by atoms with Gasteiger partial charge in [0.15, 0.2) is 5.78 Å². The van der Waals surface area contributed by atoms with E-state index in [0.717, 1.165) is 12.1 Å². The Labute approximate surface area is 98.5 Å². The van der Waals surface area contributed by atoms with E-state index in [0.29, 0.717) is 0 Å². The number of rotatable bonds is 6. The van der Waals surface area contributed by atoms with Gasteiger partial charge >= 0.3 is 0 Å². The third kappa shape index (κ3) is 6.93. The number of hydrogen-bond acceptors (Lipinski definition) is 2. The van der Waals surface area contributed by atoms with Gasteiger partial charge in [0, 0.05) is 17.8 Å². The average molecular weight is 219 g/mol. The lowest BCUT2D eigenvalue weighted by molar-refractivity contribution is -0.117. The quantitative estimate of drug-likeness (QED) is 0.380. The predicted molar refractivity (Wildman–Crippen MR) is 70.7 cm³/mol. The van der Waals surface area contributed by atoms with Gasteiger partial charge in [-0.3, -0.25) is 9.79 Å². The summed E-state index contributed by atoms with van der Waals surface area (Å²) >= 11 is 0. The second-order valence-electron chi connectivity index (χ2n) is 3.68. The van der Waals surface area contributed by atoms with Crippen LogP contribution in [-0.4, -0.2) is 11.5 Å². The van der Waals surface area contributed by atoms with Gasteiger partial charge in [0.05, 0.1) is 0 Å². The molecule has 0 aromatic carbocycles. The summed E-state index contributed by atoms with van der Waals surface area (Å²) in [4.78, 5) is 15.6. The van der Waals surface area contributed by atoms with Crippen LogP contribution in [0.5, 0.6) is 0 Å². The molecule has 1 unspecified atom stereocenters. The molecule has 2 heteroatoms. The van der Waals surface area contributed by atoms with E-state index in [1.54, 1.807) is 12.3 Å². The van der Waals surface area contributed by atoms with Crippen molar-refractivity contribution >= 4 is 11.5 Å². The van der Waals surface area contributed by atoms with Gasteiger partial charge in [0.2, 0.25) is 0 Å². The zero-order valence-electron chi connectivity index (χ0n) is 10.6. The Morgan fingerprint density at radius 3 is 2.56 bits per heavy atom. The highest BCUT2D eigenvalue weighted by atomic mass is 16.1. The fourth-order valence-electron chi connectivity index (χ4n) is 0.943. The molecule has 1 atom stereocenters. The summed E-state index contributed by atoms with van der Waals surface area (Å²) in [7, 11) is 0. The Bertz CT molecular complexity index is 322. The smallest absolute Gasteiger partial charge is 0.160 e. The van der Waals surface area contributed by atoms with Crippen molar-refractivity contribution in [1.29, 1.82) is 0 Å². The van der Waals surface area contributed by atoms with Gasteiger partial charge in [-0.05, 0) is 32.4 Å². The van der Waals surface area contributed by atoms with Crippen molar-refractivity contribution in [3.8, 4) is 0 Å². The summed E-state index contributed by atoms with van der Waals surface area (Å²) in [6.07, 6.45) is 11.7. The van der Waals surface area contributed by atoms with E-state index in [4.69, 9.17) is 0 Å². The number of hydrogen-bond donors (Lipinski definition) is 0. The van der Waals surface area contributed by atoms with Crippen molar-refractivity contribution in [1.82, 2.24) is 0 Å². The zero-order valence-corrected chi connectivity index (χ0v) is 10.6. The molecule has 0 amide bonds. The second kappa shape index (κ2) is 8.84. The maximum atomic E-state index is 11.4. The van der Waals surface area contributed by atoms with Gasteiger partial charge in [-0.25, -0.2) is 0 Å². The maximum Gasteiger partial charge on any atom is 0.160 e. The minimum absolute atomic E-state index is 0.0883. The Morgan fingerprint density at radius 2 is 2.00 bits per heavy atom. The second-order valence-corrected chi connectivity index (χ2v) is 3.68. The molecule has 16 heavy (non-hydrogen) atoms. The first-order valence-corrected chi connectivity index (χ1v) is 5.66. The topological polar surface area (TPSA) is 29.4 Å². The van der Waals surface area contributed by atoms with E-state index < -0.39 is 0 Å². The fraction of sp³-hybridized carbons (Fsp3) is 0.429. The van der Waals surface area contributed by atoms with Crippen LogP contribution in [0, 0.1) is 5.92 Å². The highest BCUT2D eigenvalue weighted by molar-refractivity contribution is 5.95. The van der Waals surface area contributed by atoms with Gasteiger partial charge in [-0.15, -0.1) is 0 Å². The van der Waals surface area contributed by atoms with Crippen molar-refractivity contribution < 1.29 is 4.79 Å². The molecule has 0 spiro atoms. The van der Waals surface area contributed by atoms with Gasteiger partial charge < -0.3 is 0 Å². The summed E-state index contributed by atoms with van der Waals surface area (Å²) in [5.74, 6) is 0.224. The highest BCUT2D eigenvalue weighted by Crippen LogP contribution is 2.02. The third-order valence-corrected chi connectivity index (χ3v) is 2.26. The molecular formula is C14H21NO. The fourth-order valence-corrected chi connectivity index (χ4v) is 0.943. The Morgan fingerprint density at radius 1 is 1.31 bits per heavy atom. The Hall–Kier alpha value is -1.44. The van der Waals surface area contributed by atoms with Crippen LogP contribution in [0.3, 0.4) is 0 Å². The van der Waals surface area contributed by atoms with Crippen molar-refractivity contribution in [3.05, 3.63) is 36.6 Å². The minimum atomic E-state index is 0.0883. The molecular weight excluding hydrogens is 198 g/mol. The van der Waals surface area contributed by atoms with Crippen molar-refractivity contribution in [3.63, 3.8) is 0 Å². The SMILES string of the molecule is C\C=C/C=C\C(C)=N\C=C/C(=O)C(C)CC. The lowest BCUT2D eigenvalue weighted by Crippen LogP contribution is -2.05. The summed E-state index contributed by atoms with van der Waals surface area (Å²) < 4.78 is 0. The molecule has 0 radical (unpaired) electrons. The lowest BCUT2D eigenvalue weighted by Gasteiger charge is -2.00. The van der Waals surface area contributed by atoms with E-state index in [1.807, 2.05) is 52.0 Å². The zero-order chi connectivity index (χ0) is 12.4. The predicted octanol–water partition coefficient (Wildman–Crippen LogP) is 3.71. The number of allylic oxidation sites excluding steroid dienone is 5. The molecule has 0 fully saturated rings. The largest absolute Gasteiger partial charge is 0.294 e. The van der Waals surface area contributed by atoms with Gasteiger partial charge in [-0.2, -0.15) is 0 Å². The van der Waals surface area contributed by atoms with E-state index in [-0.39, 0.29) is 11.7 Å². The molecule has 0 saturated carbocycles. The van der Waals surface area contributed by atoms with Crippen LogP contribution >= 0.6 is 0 Å². The molecule has 2 nitrogen and oxygen atoms in total. The maximum absolute atomic E-state index is 11.4. The van der Waals surface area contributed by atoms with Crippen LogP contribution in [0.2, 0.25) is 0 Å². The van der Waals surface area contributed by atoms with E-state index in [2.05, 4.69) is 4.99 Å². The first kappa shape index (κ1) is 14.6. The summed E-state index contributed by atoms with van der Waals surface area (Å²) in [6.45, 7) is 7.79. The first-order valence-electron chi connectivity index (χ1n) is 5.66. The van der Waals surface area contributed by atoms with Crippen LogP contribution in [0.15, 0.2) is 41.6 Å². The number of carbonyl (C=O) groups is 1. The van der Waals surface area contributed by atoms with Crippen molar-refractivity contribution in [2.24, 2.45) is 10.9 Å². The summed E-state index contributed by atoms with van der Waals surface area (Å²) in [5.41, 5.74) is 0.881. The molecule has 0 N–H and O–H groups in total. The van der Waals surface area contributed by atoms with Gasteiger partial charge in [0.25, 0.3) is 0 Å². The monoisotopic (exact) mass is 219 g/mol. The molecule has 0 saturated heterocycles. The Kier molecular flexibility index (Phi) is 8.04. The number of carbonyl (C=O) groups excluding carboxylic acids is 1. The number of ketones is 1. The molecule has 0 aliphatic carbocycles. The Balaban J connectivity index is 4.25. The van der Waals surface area contributed by atoms with Gasteiger partial charge in [0.1, 0.15) is 0 Å². The third-order valence-electron chi connectivity index (χ3n) is 2.26. The van der Waals surface area contributed by atoms with Crippen molar-refractivity contribution in [2.45, 2.75) is 34.1 Å². The van der Waals surface area contributed by atoms with Crippen LogP contribution in [0.4, 0.5) is 0 Å². The van der Waals surface area contributed by atoms with Crippen LogP contribution in [-0.2, 0) is 4.79 Å². The first-order chi connectivity index (χ1) is 7.61. The number of nitrogens with zero attached hydrogens (tertiary/aromatic N) is 1. The van der Waals surface area contributed by atoms with Crippen LogP contribution in [0.1, 0.15) is 34.1 Å². The van der Waals surface area contributed by atoms with E-state index >= 15 is 0 Å². The molecule has 88 valence electrons. The van der Waals surface area contributed by atoms with Crippen LogP contribution in [0.25, 0.3) is 0 Å². The molecule has 0 aromatic rings. The standard InChI is InChI=1S/C14H21NO/c1-5-7-8-9-13(4)15-11-10-14(16)12(3)6-2/h5,7-12H,6H2,1-4H3/b7-5-,9-8-,11-10-,15-13+. The molecule has 0 aromatic heterocycles. The lowest BCUT2D eigenvalue weighted by atomic mass is 10.0. The molecule has 0 rings (SSSR count). The van der Waals surface area contributed by atoms with E-state index in [9.17, 15) is 4.79 Å².